The summed E-state index contributed by atoms with van der Waals surface area (Å²) < 4.78 is 24.4. The summed E-state index contributed by atoms with van der Waals surface area (Å²) in [6, 6.07) is 15.1. The van der Waals surface area contributed by atoms with Crippen molar-refractivity contribution >= 4 is 11.6 Å². The van der Waals surface area contributed by atoms with Crippen molar-refractivity contribution < 1.29 is 18.4 Å². The van der Waals surface area contributed by atoms with Crippen molar-refractivity contribution in [3.8, 4) is 28.7 Å². The van der Waals surface area contributed by atoms with Crippen LogP contribution in [0.3, 0.4) is 0 Å². The largest absolute Gasteiger partial charge is 0.497 e. The van der Waals surface area contributed by atoms with Crippen LogP contribution in [0.5, 0.6) is 5.75 Å². The average molecular weight is 421 g/mol. The van der Waals surface area contributed by atoms with Gasteiger partial charge in [0, 0.05) is 23.4 Å². The lowest BCUT2D eigenvalue weighted by Crippen LogP contribution is -2.29. The monoisotopic (exact) mass is 421 g/mol. The van der Waals surface area contributed by atoms with Gasteiger partial charge in [0.2, 0.25) is 11.7 Å². The zero-order valence-electron chi connectivity index (χ0n) is 16.3. The van der Waals surface area contributed by atoms with Crippen LogP contribution in [-0.4, -0.2) is 32.9 Å². The van der Waals surface area contributed by atoms with E-state index in [0.717, 1.165) is 4.68 Å². The first-order chi connectivity index (χ1) is 15.0. The van der Waals surface area contributed by atoms with E-state index >= 15 is 0 Å². The van der Waals surface area contributed by atoms with Crippen LogP contribution in [-0.2, 0) is 11.3 Å². The lowest BCUT2D eigenvalue weighted by atomic mass is 10.2. The Morgan fingerprint density at radius 3 is 2.74 bits per heavy atom. The maximum atomic E-state index is 13.1. The summed E-state index contributed by atoms with van der Waals surface area (Å²) in [6.07, 6.45) is 0. The lowest BCUT2D eigenvalue weighted by Gasteiger charge is -2.08. The molecule has 9 nitrogen and oxygen atoms in total. The second-order valence-corrected chi connectivity index (χ2v) is 6.42. The number of methoxy groups -OCH3 is 1. The molecule has 0 unspecified atom stereocenters. The number of amides is 1. The molecule has 0 spiro atoms. The van der Waals surface area contributed by atoms with E-state index < -0.39 is 11.5 Å². The van der Waals surface area contributed by atoms with Crippen LogP contribution in [0, 0.1) is 5.82 Å². The van der Waals surface area contributed by atoms with E-state index in [-0.39, 0.29) is 29.8 Å². The number of aromatic nitrogens is 4. The maximum absolute atomic E-state index is 13.1. The van der Waals surface area contributed by atoms with Gasteiger partial charge in [-0.1, -0.05) is 11.2 Å². The molecule has 0 aliphatic carbocycles. The molecule has 2 aromatic carbocycles. The van der Waals surface area contributed by atoms with Crippen LogP contribution in [0.1, 0.15) is 0 Å². The zero-order chi connectivity index (χ0) is 21.8. The Balaban J connectivity index is 1.52. The molecule has 0 radical (unpaired) electrons. The van der Waals surface area contributed by atoms with Gasteiger partial charge < -0.3 is 14.6 Å². The highest BCUT2D eigenvalue weighted by Gasteiger charge is 2.14. The summed E-state index contributed by atoms with van der Waals surface area (Å²) in [4.78, 5) is 28.7. The van der Waals surface area contributed by atoms with Crippen molar-refractivity contribution in [2.75, 3.05) is 12.4 Å². The Bertz CT molecular complexity index is 1280. The Hall–Kier alpha value is -4.34. The first-order valence-corrected chi connectivity index (χ1v) is 9.14. The highest BCUT2D eigenvalue weighted by Crippen LogP contribution is 2.20. The third kappa shape index (κ3) is 4.64. The fourth-order valence-electron chi connectivity index (χ4n) is 2.76. The third-order valence-corrected chi connectivity index (χ3v) is 4.26. The molecular formula is C21H16FN5O4. The van der Waals surface area contributed by atoms with E-state index in [9.17, 15) is 14.0 Å². The second-order valence-electron chi connectivity index (χ2n) is 6.42. The molecule has 0 aliphatic rings. The fourth-order valence-corrected chi connectivity index (χ4v) is 2.76. The molecule has 1 N–H and O–H groups in total. The molecule has 2 aromatic heterocycles. The number of halogens is 1. The van der Waals surface area contributed by atoms with Crippen molar-refractivity contribution in [2.24, 2.45) is 0 Å². The van der Waals surface area contributed by atoms with Gasteiger partial charge in [0.25, 0.3) is 11.4 Å². The number of anilines is 1. The van der Waals surface area contributed by atoms with Gasteiger partial charge in [-0.05, 0) is 42.5 Å². The molecule has 2 heterocycles. The number of hydrogen-bond donors (Lipinski definition) is 1. The molecule has 0 saturated heterocycles. The van der Waals surface area contributed by atoms with Crippen molar-refractivity contribution in [1.82, 2.24) is 19.9 Å². The van der Waals surface area contributed by atoms with Crippen molar-refractivity contribution in [3.05, 3.63) is 76.8 Å². The molecule has 10 heteroatoms. The molecule has 156 valence electrons. The van der Waals surface area contributed by atoms with E-state index in [4.69, 9.17) is 9.26 Å². The number of nitrogens with zero attached hydrogens (tertiary/aromatic N) is 4. The number of carbonyl (C=O) groups excluding carboxylic acids is 1. The number of rotatable bonds is 6. The van der Waals surface area contributed by atoms with Crippen LogP contribution >= 0.6 is 0 Å². The minimum Gasteiger partial charge on any atom is -0.497 e. The molecule has 0 fully saturated rings. The van der Waals surface area contributed by atoms with Gasteiger partial charge in [-0.3, -0.25) is 9.59 Å². The Labute approximate surface area is 175 Å². The first-order valence-electron chi connectivity index (χ1n) is 9.14. The topological polar surface area (TPSA) is 112 Å². The van der Waals surface area contributed by atoms with E-state index in [0.29, 0.717) is 17.0 Å². The molecule has 31 heavy (non-hydrogen) atoms. The Morgan fingerprint density at radius 2 is 1.97 bits per heavy atom. The van der Waals surface area contributed by atoms with E-state index in [2.05, 4.69) is 20.6 Å². The SMILES string of the molecule is COc1cccc(NC(=O)Cn2nc(-c3nc(-c4ccc(F)cc4)no3)ccc2=O)c1. The number of hydrogen-bond acceptors (Lipinski definition) is 7. The van der Waals surface area contributed by atoms with Gasteiger partial charge in [0.1, 0.15) is 23.8 Å². The molecule has 4 aromatic rings. The molecule has 4 rings (SSSR count). The minimum absolute atomic E-state index is 0.0567. The van der Waals surface area contributed by atoms with Crippen molar-refractivity contribution in [3.63, 3.8) is 0 Å². The average Bonchev–Trinajstić information content (AvgIpc) is 3.26. The standard InChI is InChI=1S/C21H16FN5O4/c1-30-16-4-2-3-15(11-16)23-18(28)12-27-19(29)10-9-17(25-27)21-24-20(26-31-21)13-5-7-14(22)8-6-13/h2-11H,12H2,1H3,(H,23,28). The number of benzene rings is 2. The summed E-state index contributed by atoms with van der Waals surface area (Å²) in [5.74, 6) is 0.0565. The van der Waals surface area contributed by atoms with Gasteiger partial charge in [-0.15, -0.1) is 0 Å². The van der Waals surface area contributed by atoms with Crippen LogP contribution < -0.4 is 15.6 Å². The van der Waals surface area contributed by atoms with Crippen LogP contribution in [0.25, 0.3) is 23.0 Å². The molecule has 0 atom stereocenters. The Kier molecular flexibility index (Phi) is 5.52. The van der Waals surface area contributed by atoms with E-state index in [1.54, 1.807) is 24.3 Å². The van der Waals surface area contributed by atoms with Crippen LogP contribution in [0.4, 0.5) is 10.1 Å². The van der Waals surface area contributed by atoms with Gasteiger partial charge in [-0.2, -0.15) is 10.1 Å². The van der Waals surface area contributed by atoms with Gasteiger partial charge in [0.05, 0.1) is 7.11 Å². The summed E-state index contributed by atoms with van der Waals surface area (Å²) in [5, 5.41) is 10.7. The smallest absolute Gasteiger partial charge is 0.278 e. The van der Waals surface area contributed by atoms with Gasteiger partial charge >= 0.3 is 0 Å². The highest BCUT2D eigenvalue weighted by molar-refractivity contribution is 5.90. The quantitative estimate of drug-likeness (QED) is 0.509. The van der Waals surface area contributed by atoms with E-state index in [1.807, 2.05) is 0 Å². The van der Waals surface area contributed by atoms with Crippen molar-refractivity contribution in [1.29, 1.82) is 0 Å². The first kappa shape index (κ1) is 20.0. The minimum atomic E-state index is -0.470. The third-order valence-electron chi connectivity index (χ3n) is 4.26. The molecular weight excluding hydrogens is 405 g/mol. The molecule has 0 aliphatic heterocycles. The zero-order valence-corrected chi connectivity index (χ0v) is 16.3. The fraction of sp³-hybridized carbons (Fsp3) is 0.0952. The molecule has 1 amide bonds. The summed E-state index contributed by atoms with van der Waals surface area (Å²) in [7, 11) is 1.52. The predicted molar refractivity (Wildman–Crippen MR) is 109 cm³/mol. The van der Waals surface area contributed by atoms with Crippen LogP contribution in [0.2, 0.25) is 0 Å². The Morgan fingerprint density at radius 1 is 1.16 bits per heavy atom. The second kappa shape index (κ2) is 8.57. The summed E-state index contributed by atoms with van der Waals surface area (Å²) >= 11 is 0. The van der Waals surface area contributed by atoms with Crippen LogP contribution in [0.15, 0.2) is 70.0 Å². The molecule has 0 saturated carbocycles. The predicted octanol–water partition coefficient (Wildman–Crippen LogP) is 2.75. The molecule has 0 bridgehead atoms. The van der Waals surface area contributed by atoms with Crippen molar-refractivity contribution in [2.45, 2.75) is 6.54 Å². The number of ether oxygens (including phenoxy) is 1. The summed E-state index contributed by atoms with van der Waals surface area (Å²) in [5.41, 5.74) is 0.828. The summed E-state index contributed by atoms with van der Waals surface area (Å²) in [6.45, 7) is -0.317. The van der Waals surface area contributed by atoms with Gasteiger partial charge in [0.15, 0.2) is 0 Å². The maximum Gasteiger partial charge on any atom is 0.278 e. The highest BCUT2D eigenvalue weighted by atomic mass is 19.1. The number of carbonyl (C=O) groups is 1. The van der Waals surface area contributed by atoms with E-state index in [1.165, 1.54) is 43.5 Å². The normalized spacial score (nSPS) is 10.6. The number of nitrogens with one attached hydrogen (secondary N) is 1. The van der Waals surface area contributed by atoms with Gasteiger partial charge in [-0.25, -0.2) is 9.07 Å². The lowest BCUT2D eigenvalue weighted by molar-refractivity contribution is -0.117.